The molecular weight excluding hydrogens is 498 g/mol. The van der Waals surface area contributed by atoms with Gasteiger partial charge >= 0.3 is 0 Å². The van der Waals surface area contributed by atoms with E-state index < -0.39 is 5.91 Å². The molecule has 0 bridgehead atoms. The highest BCUT2D eigenvalue weighted by atomic mass is 79.9. The van der Waals surface area contributed by atoms with Gasteiger partial charge in [-0.3, -0.25) is 9.59 Å². The minimum atomic E-state index is -0.402. The van der Waals surface area contributed by atoms with Crippen molar-refractivity contribution in [3.05, 3.63) is 86.8 Å². The fraction of sp³-hybridized carbons (Fsp3) is 0.0870. The number of carbonyl (C=O) groups is 2. The molecule has 0 aliphatic carbocycles. The number of anilines is 1. The topological polar surface area (TPSA) is 89.0 Å². The number of halogens is 2. The summed E-state index contributed by atoms with van der Waals surface area (Å²) in [5.74, 6) is 0.461. The summed E-state index contributed by atoms with van der Waals surface area (Å²) in [7, 11) is 3.09. The maximum absolute atomic E-state index is 12.4. The van der Waals surface area contributed by atoms with Gasteiger partial charge in [0.05, 0.1) is 24.9 Å². The number of benzene rings is 3. The monoisotopic (exact) mass is 515 g/mol. The molecule has 0 saturated carbocycles. The average molecular weight is 517 g/mol. The van der Waals surface area contributed by atoms with E-state index in [4.69, 9.17) is 21.1 Å². The molecule has 3 rings (SSSR count). The standard InChI is InChI=1S/C23H19BrClN3O4/c1-31-20-12-21(32-2)19(24)11-16(20)13-26-28-23(30)14-6-8-18(9-7-14)27-22(29)15-4-3-5-17(25)10-15/h3-13H,1-2H3,(H,27,29)(H,28,30). The van der Waals surface area contributed by atoms with E-state index in [9.17, 15) is 9.59 Å². The first-order valence-corrected chi connectivity index (χ1v) is 10.5. The van der Waals surface area contributed by atoms with E-state index in [1.54, 1.807) is 67.8 Å². The zero-order valence-corrected chi connectivity index (χ0v) is 19.5. The Morgan fingerprint density at radius 2 is 1.66 bits per heavy atom. The van der Waals surface area contributed by atoms with Gasteiger partial charge in [-0.15, -0.1) is 0 Å². The zero-order chi connectivity index (χ0) is 23.1. The Hall–Kier alpha value is -3.36. The van der Waals surface area contributed by atoms with Crippen LogP contribution in [0.3, 0.4) is 0 Å². The van der Waals surface area contributed by atoms with Gasteiger partial charge in [0.1, 0.15) is 11.5 Å². The molecule has 0 radical (unpaired) electrons. The maximum Gasteiger partial charge on any atom is 0.271 e. The number of hydrazone groups is 1. The lowest BCUT2D eigenvalue weighted by Crippen LogP contribution is -2.18. The lowest BCUT2D eigenvalue weighted by molar-refractivity contribution is 0.0954. The van der Waals surface area contributed by atoms with Crippen molar-refractivity contribution in [2.75, 3.05) is 19.5 Å². The Labute approximate surface area is 198 Å². The first kappa shape index (κ1) is 23.3. The van der Waals surface area contributed by atoms with Gasteiger partial charge in [-0.25, -0.2) is 5.43 Å². The summed E-state index contributed by atoms with van der Waals surface area (Å²) in [6, 6.07) is 16.5. The number of methoxy groups -OCH3 is 2. The van der Waals surface area contributed by atoms with Crippen LogP contribution in [-0.4, -0.2) is 32.2 Å². The van der Waals surface area contributed by atoms with Crippen molar-refractivity contribution in [1.29, 1.82) is 0 Å². The molecule has 0 aliphatic heterocycles. The van der Waals surface area contributed by atoms with E-state index >= 15 is 0 Å². The molecule has 0 atom stereocenters. The van der Waals surface area contributed by atoms with Crippen LogP contribution in [0.1, 0.15) is 26.3 Å². The molecule has 0 aliphatic rings. The van der Waals surface area contributed by atoms with E-state index in [0.29, 0.717) is 38.9 Å². The van der Waals surface area contributed by atoms with Crippen molar-refractivity contribution in [2.45, 2.75) is 0 Å². The molecule has 2 N–H and O–H groups in total. The quantitative estimate of drug-likeness (QED) is 0.336. The molecule has 0 spiro atoms. The van der Waals surface area contributed by atoms with Crippen molar-refractivity contribution < 1.29 is 19.1 Å². The fourth-order valence-corrected chi connectivity index (χ4v) is 3.46. The van der Waals surface area contributed by atoms with Gasteiger partial charge < -0.3 is 14.8 Å². The normalized spacial score (nSPS) is 10.6. The van der Waals surface area contributed by atoms with Crippen LogP contribution in [0.4, 0.5) is 5.69 Å². The second kappa shape index (κ2) is 10.8. The molecule has 0 saturated heterocycles. The van der Waals surface area contributed by atoms with Crippen molar-refractivity contribution in [3.63, 3.8) is 0 Å². The van der Waals surface area contributed by atoms with Gasteiger partial charge in [0.25, 0.3) is 11.8 Å². The van der Waals surface area contributed by atoms with Crippen LogP contribution in [0.15, 0.2) is 70.2 Å². The van der Waals surface area contributed by atoms with Gasteiger partial charge in [0, 0.05) is 33.5 Å². The van der Waals surface area contributed by atoms with Crippen LogP contribution in [0.5, 0.6) is 11.5 Å². The van der Waals surface area contributed by atoms with E-state index in [-0.39, 0.29) is 5.91 Å². The highest BCUT2D eigenvalue weighted by molar-refractivity contribution is 9.10. The molecule has 2 amide bonds. The molecule has 3 aromatic carbocycles. The average Bonchev–Trinajstić information content (AvgIpc) is 2.79. The number of hydrogen-bond acceptors (Lipinski definition) is 5. The number of nitrogens with one attached hydrogen (secondary N) is 2. The van der Waals surface area contributed by atoms with Gasteiger partial charge in [0.15, 0.2) is 0 Å². The second-order valence-corrected chi connectivity index (χ2v) is 7.76. The zero-order valence-electron chi connectivity index (χ0n) is 17.2. The Balaban J connectivity index is 1.63. The number of hydrogen-bond donors (Lipinski definition) is 2. The second-order valence-electron chi connectivity index (χ2n) is 6.47. The molecule has 0 unspecified atom stereocenters. The first-order valence-electron chi connectivity index (χ1n) is 9.33. The van der Waals surface area contributed by atoms with Crippen molar-refractivity contribution in [3.8, 4) is 11.5 Å². The predicted octanol–water partition coefficient (Wildman–Crippen LogP) is 5.14. The first-order chi connectivity index (χ1) is 15.4. The lowest BCUT2D eigenvalue weighted by atomic mass is 10.1. The van der Waals surface area contributed by atoms with E-state index in [1.165, 1.54) is 13.3 Å². The summed E-state index contributed by atoms with van der Waals surface area (Å²) < 4.78 is 11.3. The summed E-state index contributed by atoms with van der Waals surface area (Å²) in [6.45, 7) is 0. The van der Waals surface area contributed by atoms with Crippen LogP contribution in [0, 0.1) is 0 Å². The molecule has 0 aromatic heterocycles. The predicted molar refractivity (Wildman–Crippen MR) is 128 cm³/mol. The number of ether oxygens (including phenoxy) is 2. The molecule has 0 heterocycles. The fourth-order valence-electron chi connectivity index (χ4n) is 2.75. The van der Waals surface area contributed by atoms with Crippen LogP contribution in [0.25, 0.3) is 0 Å². The summed E-state index contributed by atoms with van der Waals surface area (Å²) in [5, 5.41) is 7.23. The maximum atomic E-state index is 12.4. The van der Waals surface area contributed by atoms with Crippen LogP contribution >= 0.6 is 27.5 Å². The van der Waals surface area contributed by atoms with Gasteiger partial charge in [-0.2, -0.15) is 5.10 Å². The molecular formula is C23H19BrClN3O4. The Kier molecular flexibility index (Phi) is 7.86. The minimum absolute atomic E-state index is 0.297. The summed E-state index contributed by atoms with van der Waals surface area (Å²) in [5.41, 5.74) is 4.48. The number of rotatable bonds is 7. The molecule has 32 heavy (non-hydrogen) atoms. The Morgan fingerprint density at radius 1 is 0.938 bits per heavy atom. The molecule has 164 valence electrons. The van der Waals surface area contributed by atoms with Crippen molar-refractivity contribution in [1.82, 2.24) is 5.43 Å². The van der Waals surface area contributed by atoms with Crippen LogP contribution < -0.4 is 20.2 Å². The summed E-state index contributed by atoms with van der Waals surface area (Å²) in [6.07, 6.45) is 1.47. The van der Waals surface area contributed by atoms with Crippen molar-refractivity contribution in [2.24, 2.45) is 5.10 Å². The molecule has 3 aromatic rings. The number of amides is 2. The van der Waals surface area contributed by atoms with E-state index in [0.717, 1.165) is 4.47 Å². The van der Waals surface area contributed by atoms with Crippen LogP contribution in [0.2, 0.25) is 5.02 Å². The molecule has 7 nitrogen and oxygen atoms in total. The number of carbonyl (C=O) groups excluding carboxylic acids is 2. The van der Waals surface area contributed by atoms with E-state index in [2.05, 4.69) is 31.8 Å². The number of nitrogens with zero attached hydrogens (tertiary/aromatic N) is 1. The third-order valence-electron chi connectivity index (χ3n) is 4.37. The highest BCUT2D eigenvalue weighted by Crippen LogP contribution is 2.31. The third-order valence-corrected chi connectivity index (χ3v) is 5.22. The lowest BCUT2D eigenvalue weighted by Gasteiger charge is -2.09. The summed E-state index contributed by atoms with van der Waals surface area (Å²) in [4.78, 5) is 24.6. The smallest absolute Gasteiger partial charge is 0.271 e. The summed E-state index contributed by atoms with van der Waals surface area (Å²) >= 11 is 9.32. The largest absolute Gasteiger partial charge is 0.496 e. The van der Waals surface area contributed by atoms with Gasteiger partial charge in [-0.1, -0.05) is 17.7 Å². The van der Waals surface area contributed by atoms with Gasteiger partial charge in [-0.05, 0) is 64.5 Å². The molecule has 0 fully saturated rings. The SMILES string of the molecule is COc1cc(OC)c(C=NNC(=O)c2ccc(NC(=O)c3cccc(Cl)c3)cc2)cc1Br. The van der Waals surface area contributed by atoms with Crippen LogP contribution in [-0.2, 0) is 0 Å². The highest BCUT2D eigenvalue weighted by Gasteiger charge is 2.10. The third kappa shape index (κ3) is 5.87. The van der Waals surface area contributed by atoms with Gasteiger partial charge in [0.2, 0.25) is 0 Å². The molecule has 9 heteroatoms. The Bertz CT molecular complexity index is 1170. The van der Waals surface area contributed by atoms with E-state index in [1.807, 2.05) is 0 Å². The Morgan fingerprint density at radius 3 is 2.31 bits per heavy atom. The van der Waals surface area contributed by atoms with Crippen molar-refractivity contribution >= 4 is 51.2 Å². The minimum Gasteiger partial charge on any atom is -0.496 e.